The average molecular weight is 520 g/mol. The maximum Gasteiger partial charge on any atom is 0.325 e. The molecule has 3 heterocycles. The van der Waals surface area contributed by atoms with Crippen LogP contribution in [-0.2, 0) is 19.2 Å². The highest BCUT2D eigenvalue weighted by Gasteiger charge is 2.63. The third kappa shape index (κ3) is 4.42. The van der Waals surface area contributed by atoms with Crippen LogP contribution < -0.4 is 10.6 Å². The number of nitrogens with zero attached hydrogens (tertiary/aromatic N) is 3. The van der Waals surface area contributed by atoms with E-state index >= 15 is 0 Å². The van der Waals surface area contributed by atoms with Crippen molar-refractivity contribution in [3.8, 4) is 0 Å². The summed E-state index contributed by atoms with van der Waals surface area (Å²) in [6, 6.07) is 4.43. The molecule has 4 N–H and O–H groups in total. The van der Waals surface area contributed by atoms with Crippen molar-refractivity contribution in [3.05, 3.63) is 35.9 Å². The van der Waals surface area contributed by atoms with Gasteiger partial charge in [-0.25, -0.2) is 4.79 Å². The van der Waals surface area contributed by atoms with Crippen LogP contribution in [-0.4, -0.2) is 103 Å². The molecule has 3 saturated heterocycles. The third-order valence-electron chi connectivity index (χ3n) is 6.70. The van der Waals surface area contributed by atoms with Crippen molar-refractivity contribution in [3.63, 3.8) is 0 Å². The highest BCUT2D eigenvalue weighted by molar-refractivity contribution is 8.01. The van der Waals surface area contributed by atoms with Crippen LogP contribution in [0.3, 0.4) is 0 Å². The molecule has 13 heteroatoms. The summed E-state index contributed by atoms with van der Waals surface area (Å²) in [6.07, 6.45) is -1.73. The van der Waals surface area contributed by atoms with Gasteiger partial charge >= 0.3 is 17.8 Å². The van der Waals surface area contributed by atoms with Crippen LogP contribution >= 0.6 is 11.8 Å². The van der Waals surface area contributed by atoms with Gasteiger partial charge in [0.2, 0.25) is 11.8 Å². The minimum absolute atomic E-state index is 0.0118. The Kier molecular flexibility index (Phi) is 6.99. The molecule has 0 radical (unpaired) electrons. The second-order valence-electron chi connectivity index (χ2n) is 9.34. The fourth-order valence-electron chi connectivity index (χ4n) is 4.81. The summed E-state index contributed by atoms with van der Waals surface area (Å²) in [4.78, 5) is 67.3. The average Bonchev–Trinajstić information content (AvgIpc) is 3.10. The van der Waals surface area contributed by atoms with Crippen molar-refractivity contribution in [2.24, 2.45) is 0 Å². The summed E-state index contributed by atoms with van der Waals surface area (Å²) in [5, 5.41) is 24.3. The number of hydrogen-bond donors (Lipinski definition) is 4. The predicted molar refractivity (Wildman–Crippen MR) is 128 cm³/mol. The molecule has 6 amide bonds. The first-order chi connectivity index (χ1) is 17.0. The van der Waals surface area contributed by atoms with Crippen molar-refractivity contribution in [1.29, 1.82) is 0 Å². The smallest absolute Gasteiger partial charge is 0.325 e. The minimum Gasteiger partial charge on any atom is -0.366 e. The summed E-state index contributed by atoms with van der Waals surface area (Å²) >= 11 is 1.34. The fraction of sp³-hybridized carbons (Fsp3) is 0.522. The number of carbonyl (C=O) groups excluding carboxylic acids is 5. The number of urea groups is 1. The molecule has 4 atom stereocenters. The molecule has 2 unspecified atom stereocenters. The monoisotopic (exact) mass is 519 g/mol. The molecule has 3 fully saturated rings. The lowest BCUT2D eigenvalue weighted by Crippen LogP contribution is -2.71. The first-order valence-electron chi connectivity index (χ1n) is 11.6. The van der Waals surface area contributed by atoms with E-state index < -0.39 is 64.2 Å². The Morgan fingerprint density at radius 2 is 1.78 bits per heavy atom. The fourth-order valence-corrected chi connectivity index (χ4v) is 6.48. The molecular weight excluding hydrogens is 490 g/mol. The molecule has 3 aliphatic heterocycles. The topological polar surface area (TPSA) is 160 Å². The molecule has 0 aromatic heterocycles. The summed E-state index contributed by atoms with van der Waals surface area (Å²) in [7, 11) is 0. The van der Waals surface area contributed by atoms with Gasteiger partial charge < -0.3 is 30.6 Å². The van der Waals surface area contributed by atoms with Crippen molar-refractivity contribution < 1.29 is 34.2 Å². The number of amides is 6. The molecule has 1 aromatic carbocycles. The Morgan fingerprint density at radius 3 is 2.39 bits per heavy atom. The Morgan fingerprint density at radius 1 is 1.11 bits per heavy atom. The first-order valence-corrected chi connectivity index (χ1v) is 12.5. The Balaban J connectivity index is 1.50. The number of nitrogens with one attached hydrogen (secondary N) is 2. The molecule has 1 aromatic rings. The number of imide groups is 1. The SMILES string of the molecule is CCN1CCN(C(=O)NC(C(=O)NC2C(=O)N3[C@@H]2SC(C)(C)[C@@H]3C(O)O)c2ccccc2)C(=O)C1=O. The molecule has 0 aliphatic carbocycles. The summed E-state index contributed by atoms with van der Waals surface area (Å²) in [5.41, 5.74) is 0.418. The van der Waals surface area contributed by atoms with E-state index in [1.54, 1.807) is 51.1 Å². The quantitative estimate of drug-likeness (QED) is 0.211. The molecule has 3 aliphatic rings. The van der Waals surface area contributed by atoms with Crippen LogP contribution in [0.4, 0.5) is 4.79 Å². The predicted octanol–water partition coefficient (Wildman–Crippen LogP) is -1.01. The van der Waals surface area contributed by atoms with E-state index in [4.69, 9.17) is 0 Å². The van der Waals surface area contributed by atoms with E-state index in [0.29, 0.717) is 12.1 Å². The van der Waals surface area contributed by atoms with Crippen LogP contribution in [0.2, 0.25) is 0 Å². The van der Waals surface area contributed by atoms with E-state index in [0.717, 1.165) is 4.90 Å². The van der Waals surface area contributed by atoms with Gasteiger partial charge in [0.05, 0.1) is 6.04 Å². The number of likely N-dealkylation sites (N-methyl/N-ethyl adjacent to an activating group) is 1. The van der Waals surface area contributed by atoms with E-state index in [9.17, 15) is 34.2 Å². The number of aliphatic hydroxyl groups excluding tert-OH is 1. The van der Waals surface area contributed by atoms with Gasteiger partial charge in [-0.15, -0.1) is 11.8 Å². The normalized spacial score (nSPS) is 26.0. The molecule has 36 heavy (non-hydrogen) atoms. The minimum atomic E-state index is -1.73. The van der Waals surface area contributed by atoms with Gasteiger partial charge in [0.1, 0.15) is 17.5 Å². The van der Waals surface area contributed by atoms with Gasteiger partial charge in [0, 0.05) is 24.4 Å². The Bertz CT molecular complexity index is 1080. The number of β-lactam (4-membered cyclic amide) rings is 1. The molecule has 0 spiro atoms. The van der Waals surface area contributed by atoms with Gasteiger partial charge in [-0.1, -0.05) is 30.3 Å². The largest absolute Gasteiger partial charge is 0.366 e. The molecule has 0 saturated carbocycles. The van der Waals surface area contributed by atoms with Gasteiger partial charge in [-0.2, -0.15) is 0 Å². The first kappa shape index (κ1) is 25.9. The van der Waals surface area contributed by atoms with Crippen molar-refractivity contribution in [1.82, 2.24) is 25.3 Å². The summed E-state index contributed by atoms with van der Waals surface area (Å²) in [6.45, 7) is 5.82. The number of fused-ring (bicyclic) bond motifs is 1. The summed E-state index contributed by atoms with van der Waals surface area (Å²) in [5.74, 6) is -2.90. The second-order valence-corrected chi connectivity index (χ2v) is 11.1. The highest BCUT2D eigenvalue weighted by Crippen LogP contribution is 2.51. The van der Waals surface area contributed by atoms with Crippen molar-refractivity contribution >= 4 is 41.4 Å². The molecule has 4 rings (SSSR count). The maximum absolute atomic E-state index is 13.3. The number of aliphatic hydroxyl groups is 2. The van der Waals surface area contributed by atoms with E-state index in [2.05, 4.69) is 10.6 Å². The Labute approximate surface area is 212 Å². The van der Waals surface area contributed by atoms with Crippen LogP contribution in [0.5, 0.6) is 0 Å². The van der Waals surface area contributed by atoms with Gasteiger partial charge in [-0.3, -0.25) is 24.1 Å². The summed E-state index contributed by atoms with van der Waals surface area (Å²) < 4.78 is -0.658. The molecule has 0 bridgehead atoms. The van der Waals surface area contributed by atoms with Crippen molar-refractivity contribution in [2.45, 2.75) is 55.3 Å². The van der Waals surface area contributed by atoms with Gasteiger partial charge in [0.25, 0.3) is 0 Å². The zero-order valence-electron chi connectivity index (χ0n) is 20.1. The third-order valence-corrected chi connectivity index (χ3v) is 8.28. The number of hydrogen-bond acceptors (Lipinski definition) is 8. The van der Waals surface area contributed by atoms with E-state index in [1.807, 2.05) is 0 Å². The van der Waals surface area contributed by atoms with Crippen molar-refractivity contribution in [2.75, 3.05) is 19.6 Å². The lowest BCUT2D eigenvalue weighted by Gasteiger charge is -2.45. The van der Waals surface area contributed by atoms with E-state index in [-0.39, 0.29) is 13.1 Å². The van der Waals surface area contributed by atoms with Crippen LogP contribution in [0.15, 0.2) is 30.3 Å². The molecule has 194 valence electrons. The molecule has 12 nitrogen and oxygen atoms in total. The number of rotatable bonds is 6. The zero-order valence-corrected chi connectivity index (χ0v) is 20.9. The number of benzene rings is 1. The maximum atomic E-state index is 13.3. The standard InChI is InChI=1S/C23H29N5O7S/c1-4-26-10-11-27(19(32)18(26)31)22(35)25-13(12-8-6-5-7-9-12)16(29)24-14-17(30)28-15(21(33)34)23(2,3)36-20(14)28/h5-9,13-15,20-21,33-34H,4,10-11H2,1-3H3,(H,24,29)(H,25,35)/t13?,14?,15-,20+/m0/s1. The van der Waals surface area contributed by atoms with E-state index in [1.165, 1.54) is 21.6 Å². The van der Waals surface area contributed by atoms with Gasteiger partial charge in [-0.05, 0) is 26.3 Å². The van der Waals surface area contributed by atoms with Crippen LogP contribution in [0, 0.1) is 0 Å². The van der Waals surface area contributed by atoms with Gasteiger partial charge in [0.15, 0.2) is 6.29 Å². The second kappa shape index (κ2) is 9.71. The molecular formula is C23H29N5O7S. The van der Waals surface area contributed by atoms with Crippen LogP contribution in [0.1, 0.15) is 32.4 Å². The van der Waals surface area contributed by atoms with Crippen LogP contribution in [0.25, 0.3) is 0 Å². The highest BCUT2D eigenvalue weighted by atomic mass is 32.2. The lowest BCUT2D eigenvalue weighted by molar-refractivity contribution is -0.167. The number of thioether (sulfide) groups is 1. The zero-order chi connectivity index (χ0) is 26.4. The Hall–Kier alpha value is -3.16. The number of piperazine rings is 1. The lowest BCUT2D eigenvalue weighted by atomic mass is 9.95. The number of carbonyl (C=O) groups is 5.